The van der Waals surface area contributed by atoms with E-state index in [1.807, 2.05) is 23.9 Å². The van der Waals surface area contributed by atoms with Gasteiger partial charge in [0.15, 0.2) is 0 Å². The molecule has 1 aliphatic rings. The Labute approximate surface area is 117 Å². The molecule has 20 heavy (non-hydrogen) atoms. The van der Waals surface area contributed by atoms with Crippen molar-refractivity contribution in [2.24, 2.45) is 7.05 Å². The van der Waals surface area contributed by atoms with Gasteiger partial charge in [-0.15, -0.1) is 0 Å². The minimum atomic E-state index is -0.298. The van der Waals surface area contributed by atoms with Gasteiger partial charge in [0.05, 0.1) is 25.9 Å². The van der Waals surface area contributed by atoms with Gasteiger partial charge in [-0.1, -0.05) is 18.2 Å². The zero-order chi connectivity index (χ0) is 14.1. The molecule has 0 amide bonds. The molecule has 0 N–H and O–H groups in total. The summed E-state index contributed by atoms with van der Waals surface area (Å²) in [5.74, 6) is -0.298. The summed E-state index contributed by atoms with van der Waals surface area (Å²) in [6, 6.07) is 6.18. The highest BCUT2D eigenvalue weighted by atomic mass is 16.5. The zero-order valence-electron chi connectivity index (χ0n) is 11.7. The molecule has 0 saturated heterocycles. The third-order valence-electron chi connectivity index (χ3n) is 3.73. The average Bonchev–Trinajstić information content (AvgIpc) is 2.84. The highest BCUT2D eigenvalue weighted by Crippen LogP contribution is 2.28. The molecule has 3 rings (SSSR count). The first-order valence-electron chi connectivity index (χ1n) is 6.65. The zero-order valence-corrected chi connectivity index (χ0v) is 11.7. The predicted molar refractivity (Wildman–Crippen MR) is 77.7 cm³/mol. The number of carbonyl (C=O) groups is 1. The molecule has 1 aliphatic heterocycles. The molecule has 0 bridgehead atoms. The van der Waals surface area contributed by atoms with Gasteiger partial charge in [-0.25, -0.2) is 4.79 Å². The lowest BCUT2D eigenvalue weighted by Gasteiger charge is -2.14. The molecule has 0 spiro atoms. The topological polar surface area (TPSA) is 40.5 Å². The number of nitrogens with zero attached hydrogens (tertiary/aromatic N) is 1. The second kappa shape index (κ2) is 5.13. The van der Waals surface area contributed by atoms with E-state index in [4.69, 9.17) is 9.47 Å². The van der Waals surface area contributed by atoms with E-state index in [9.17, 15) is 4.79 Å². The summed E-state index contributed by atoms with van der Waals surface area (Å²) in [6.45, 7) is 1.44. The van der Waals surface area contributed by atoms with E-state index >= 15 is 0 Å². The van der Waals surface area contributed by atoms with Crippen LogP contribution in [0.4, 0.5) is 0 Å². The standard InChI is InChI=1S/C16H17NO3/c1-17-10-14(16(18)19-2)13-4-3-12(9-15(13)17)11-5-7-20-8-6-11/h3-5,9-10H,6-8H2,1-2H3. The SMILES string of the molecule is COC(=O)c1cn(C)c2cc(C3=CCOCC3)ccc12. The van der Waals surface area contributed by atoms with E-state index < -0.39 is 0 Å². The summed E-state index contributed by atoms with van der Waals surface area (Å²) in [5, 5.41) is 0.927. The first-order chi connectivity index (χ1) is 9.70. The van der Waals surface area contributed by atoms with Crippen LogP contribution in [-0.4, -0.2) is 30.9 Å². The Morgan fingerprint density at radius 2 is 2.25 bits per heavy atom. The minimum Gasteiger partial charge on any atom is -0.465 e. The van der Waals surface area contributed by atoms with Crippen molar-refractivity contribution in [3.63, 3.8) is 0 Å². The number of aryl methyl sites for hydroxylation is 1. The lowest BCUT2D eigenvalue weighted by molar-refractivity contribution is 0.0603. The van der Waals surface area contributed by atoms with Crippen molar-refractivity contribution in [3.8, 4) is 0 Å². The second-order valence-corrected chi connectivity index (χ2v) is 4.93. The Kier molecular flexibility index (Phi) is 3.32. The third kappa shape index (κ3) is 2.12. The lowest BCUT2D eigenvalue weighted by Crippen LogP contribution is -2.03. The summed E-state index contributed by atoms with van der Waals surface area (Å²) in [7, 11) is 3.35. The Bertz CT molecular complexity index is 697. The monoisotopic (exact) mass is 271 g/mol. The third-order valence-corrected chi connectivity index (χ3v) is 3.73. The minimum absolute atomic E-state index is 0.298. The quantitative estimate of drug-likeness (QED) is 0.789. The number of hydrogen-bond donors (Lipinski definition) is 0. The van der Waals surface area contributed by atoms with Gasteiger partial charge in [0.2, 0.25) is 0 Å². The van der Waals surface area contributed by atoms with Crippen molar-refractivity contribution >= 4 is 22.4 Å². The van der Waals surface area contributed by atoms with E-state index in [-0.39, 0.29) is 5.97 Å². The number of ether oxygens (including phenoxy) is 2. The van der Waals surface area contributed by atoms with E-state index in [1.54, 1.807) is 0 Å². The Hall–Kier alpha value is -2.07. The van der Waals surface area contributed by atoms with Gasteiger partial charge in [0, 0.05) is 24.1 Å². The van der Waals surface area contributed by atoms with E-state index in [0.717, 1.165) is 23.9 Å². The maximum Gasteiger partial charge on any atom is 0.340 e. The van der Waals surface area contributed by atoms with Crippen LogP contribution >= 0.6 is 0 Å². The number of fused-ring (bicyclic) bond motifs is 1. The average molecular weight is 271 g/mol. The van der Waals surface area contributed by atoms with Gasteiger partial charge in [-0.05, 0) is 23.6 Å². The normalized spacial score (nSPS) is 15.2. The number of methoxy groups -OCH3 is 1. The number of benzene rings is 1. The fourth-order valence-corrected chi connectivity index (χ4v) is 2.65. The molecule has 1 aromatic carbocycles. The Morgan fingerprint density at radius 1 is 1.40 bits per heavy atom. The summed E-state index contributed by atoms with van der Waals surface area (Å²) >= 11 is 0. The number of rotatable bonds is 2. The van der Waals surface area contributed by atoms with Crippen LogP contribution in [0, 0.1) is 0 Å². The van der Waals surface area contributed by atoms with Gasteiger partial charge in [0.25, 0.3) is 0 Å². The molecular weight excluding hydrogens is 254 g/mol. The van der Waals surface area contributed by atoms with E-state index in [1.165, 1.54) is 18.2 Å². The van der Waals surface area contributed by atoms with E-state index in [0.29, 0.717) is 12.2 Å². The van der Waals surface area contributed by atoms with Crippen molar-refractivity contribution in [1.82, 2.24) is 4.57 Å². The van der Waals surface area contributed by atoms with Crippen LogP contribution < -0.4 is 0 Å². The van der Waals surface area contributed by atoms with Crippen LogP contribution in [0.1, 0.15) is 22.3 Å². The Balaban J connectivity index is 2.10. The van der Waals surface area contributed by atoms with Crippen molar-refractivity contribution in [3.05, 3.63) is 41.6 Å². The summed E-state index contributed by atoms with van der Waals surface area (Å²) in [5.41, 5.74) is 4.14. The van der Waals surface area contributed by atoms with Crippen molar-refractivity contribution in [2.45, 2.75) is 6.42 Å². The van der Waals surface area contributed by atoms with Gasteiger partial charge >= 0.3 is 5.97 Å². The predicted octanol–water partition coefficient (Wildman–Crippen LogP) is 2.77. The van der Waals surface area contributed by atoms with Crippen LogP contribution in [-0.2, 0) is 16.5 Å². The molecule has 4 nitrogen and oxygen atoms in total. The lowest BCUT2D eigenvalue weighted by atomic mass is 10.00. The van der Waals surface area contributed by atoms with Crippen molar-refractivity contribution in [1.29, 1.82) is 0 Å². The molecule has 0 radical (unpaired) electrons. The van der Waals surface area contributed by atoms with Crippen LogP contribution in [0.3, 0.4) is 0 Å². The van der Waals surface area contributed by atoms with Crippen LogP contribution in [0.15, 0.2) is 30.5 Å². The molecule has 104 valence electrons. The van der Waals surface area contributed by atoms with Gasteiger partial charge in [-0.2, -0.15) is 0 Å². The van der Waals surface area contributed by atoms with Crippen LogP contribution in [0.2, 0.25) is 0 Å². The molecule has 0 unspecified atom stereocenters. The van der Waals surface area contributed by atoms with Crippen molar-refractivity contribution < 1.29 is 14.3 Å². The summed E-state index contributed by atoms with van der Waals surface area (Å²) < 4.78 is 12.1. The smallest absolute Gasteiger partial charge is 0.340 e. The molecule has 2 heterocycles. The molecule has 0 aliphatic carbocycles. The maximum atomic E-state index is 11.8. The molecule has 0 fully saturated rings. The highest BCUT2D eigenvalue weighted by molar-refractivity contribution is 6.04. The highest BCUT2D eigenvalue weighted by Gasteiger charge is 2.15. The fourth-order valence-electron chi connectivity index (χ4n) is 2.65. The van der Waals surface area contributed by atoms with Gasteiger partial charge in [-0.3, -0.25) is 0 Å². The number of carbonyl (C=O) groups excluding carboxylic acids is 1. The first-order valence-corrected chi connectivity index (χ1v) is 6.65. The molecule has 0 atom stereocenters. The molecule has 2 aromatic rings. The second-order valence-electron chi connectivity index (χ2n) is 4.93. The fraction of sp³-hybridized carbons (Fsp3) is 0.312. The first kappa shape index (κ1) is 12.9. The van der Waals surface area contributed by atoms with Gasteiger partial charge in [0.1, 0.15) is 0 Å². The summed E-state index contributed by atoms with van der Waals surface area (Å²) in [4.78, 5) is 11.8. The molecule has 0 saturated carbocycles. The van der Waals surface area contributed by atoms with Crippen molar-refractivity contribution in [2.75, 3.05) is 20.3 Å². The number of hydrogen-bond acceptors (Lipinski definition) is 3. The Morgan fingerprint density at radius 3 is 2.95 bits per heavy atom. The number of esters is 1. The van der Waals surface area contributed by atoms with Gasteiger partial charge < -0.3 is 14.0 Å². The molecule has 1 aromatic heterocycles. The number of aromatic nitrogens is 1. The van der Waals surface area contributed by atoms with E-state index in [2.05, 4.69) is 18.2 Å². The maximum absolute atomic E-state index is 11.8. The molecule has 4 heteroatoms. The summed E-state index contributed by atoms with van der Waals surface area (Å²) in [6.07, 6.45) is 4.87. The largest absolute Gasteiger partial charge is 0.465 e. The molecular formula is C16H17NO3. The van der Waals surface area contributed by atoms with Crippen LogP contribution in [0.5, 0.6) is 0 Å². The van der Waals surface area contributed by atoms with Crippen LogP contribution in [0.25, 0.3) is 16.5 Å².